The topological polar surface area (TPSA) is 112 Å². The number of aliphatic hydroxyl groups excluding tert-OH is 1. The van der Waals surface area contributed by atoms with Crippen LogP contribution >= 0.6 is 0 Å². The summed E-state index contributed by atoms with van der Waals surface area (Å²) < 4.78 is 16.3. The molecule has 0 unspecified atom stereocenters. The van der Waals surface area contributed by atoms with Crippen molar-refractivity contribution in [2.45, 2.75) is 0 Å². The average molecular weight is 356 g/mol. The lowest BCUT2D eigenvalue weighted by molar-refractivity contribution is 0.197. The first-order chi connectivity index (χ1) is 12.7. The van der Waals surface area contributed by atoms with Gasteiger partial charge in [0.15, 0.2) is 23.1 Å². The highest BCUT2D eigenvalue weighted by molar-refractivity contribution is 5.82. The van der Waals surface area contributed by atoms with Crippen molar-refractivity contribution >= 4 is 28.4 Å². The van der Waals surface area contributed by atoms with E-state index in [9.17, 15) is 0 Å². The molecule has 136 valence electrons. The van der Waals surface area contributed by atoms with Crippen molar-refractivity contribution in [1.29, 1.82) is 0 Å². The van der Waals surface area contributed by atoms with Gasteiger partial charge < -0.3 is 30.4 Å². The van der Waals surface area contributed by atoms with Gasteiger partial charge in [0.1, 0.15) is 12.4 Å². The van der Waals surface area contributed by atoms with E-state index < -0.39 is 0 Å². The van der Waals surface area contributed by atoms with Crippen molar-refractivity contribution in [3.8, 4) is 17.2 Å². The molecule has 1 heterocycles. The van der Waals surface area contributed by atoms with Crippen molar-refractivity contribution in [1.82, 2.24) is 9.97 Å². The molecule has 26 heavy (non-hydrogen) atoms. The van der Waals surface area contributed by atoms with E-state index in [-0.39, 0.29) is 19.0 Å². The van der Waals surface area contributed by atoms with Gasteiger partial charge >= 0.3 is 0 Å². The third-order valence-electron chi connectivity index (χ3n) is 3.67. The molecule has 0 aliphatic heterocycles. The van der Waals surface area contributed by atoms with Gasteiger partial charge in [0.25, 0.3) is 0 Å². The van der Waals surface area contributed by atoms with Crippen LogP contribution in [0.3, 0.4) is 0 Å². The summed E-state index contributed by atoms with van der Waals surface area (Å²) >= 11 is 0. The number of methoxy groups -OCH3 is 2. The van der Waals surface area contributed by atoms with Crippen LogP contribution in [0.15, 0.2) is 36.4 Å². The Balaban J connectivity index is 2.06. The minimum absolute atomic E-state index is 0.107. The van der Waals surface area contributed by atoms with Gasteiger partial charge in [-0.2, -0.15) is 0 Å². The maximum Gasteiger partial charge on any atom is 0.185 e. The van der Waals surface area contributed by atoms with Crippen molar-refractivity contribution in [3.63, 3.8) is 0 Å². The molecule has 1 aromatic heterocycles. The number of ether oxygens (including phenoxy) is 3. The molecule has 0 aliphatic rings. The minimum atomic E-state index is -0.132. The standard InChI is InChI=1S/C18H20N4O4/c1-24-11-9-14(16(26-8-7-23)15(10-11)25-2)22-18-17(19)20-12-5-3-4-6-13(12)21-18/h3-6,9-10,23H,7-8H2,1-2H3,(H2,19,20)(H,21,22). The predicted molar refractivity (Wildman–Crippen MR) is 99.4 cm³/mol. The van der Waals surface area contributed by atoms with E-state index >= 15 is 0 Å². The van der Waals surface area contributed by atoms with Crippen LogP contribution in [0, 0.1) is 0 Å². The number of hydrogen-bond donors (Lipinski definition) is 3. The van der Waals surface area contributed by atoms with Gasteiger partial charge in [0, 0.05) is 12.1 Å². The van der Waals surface area contributed by atoms with Crippen molar-refractivity contribution in [3.05, 3.63) is 36.4 Å². The number of fused-ring (bicyclic) bond motifs is 1. The Morgan fingerprint density at radius 1 is 1.08 bits per heavy atom. The maximum absolute atomic E-state index is 9.08. The second-order valence-corrected chi connectivity index (χ2v) is 5.35. The Hall–Kier alpha value is -3.26. The molecule has 2 aromatic carbocycles. The Morgan fingerprint density at radius 2 is 1.81 bits per heavy atom. The lowest BCUT2D eigenvalue weighted by Crippen LogP contribution is -2.08. The van der Waals surface area contributed by atoms with E-state index in [1.54, 1.807) is 19.2 Å². The third kappa shape index (κ3) is 3.55. The molecule has 0 bridgehead atoms. The zero-order valence-corrected chi connectivity index (χ0v) is 14.5. The van der Waals surface area contributed by atoms with Crippen LogP contribution in [0.4, 0.5) is 17.3 Å². The molecular weight excluding hydrogens is 336 g/mol. The number of nitrogen functional groups attached to an aromatic ring is 1. The highest BCUT2D eigenvalue weighted by atomic mass is 16.5. The number of nitrogens with one attached hydrogen (secondary N) is 1. The molecule has 0 radical (unpaired) electrons. The molecule has 0 saturated carbocycles. The fourth-order valence-electron chi connectivity index (χ4n) is 2.47. The first kappa shape index (κ1) is 17.6. The normalized spacial score (nSPS) is 10.6. The number of para-hydroxylation sites is 2. The Kier molecular flexibility index (Phi) is 5.23. The zero-order chi connectivity index (χ0) is 18.5. The monoisotopic (exact) mass is 356 g/mol. The smallest absolute Gasteiger partial charge is 0.185 e. The molecule has 8 nitrogen and oxygen atoms in total. The molecular formula is C18H20N4O4. The number of hydrogen-bond acceptors (Lipinski definition) is 8. The zero-order valence-electron chi connectivity index (χ0n) is 14.5. The average Bonchev–Trinajstić information content (AvgIpc) is 2.66. The van der Waals surface area contributed by atoms with Gasteiger partial charge in [-0.15, -0.1) is 0 Å². The molecule has 4 N–H and O–H groups in total. The fraction of sp³-hybridized carbons (Fsp3) is 0.222. The van der Waals surface area contributed by atoms with Gasteiger partial charge in [-0.1, -0.05) is 12.1 Å². The molecule has 3 aromatic rings. The first-order valence-corrected chi connectivity index (χ1v) is 7.95. The number of nitrogens with two attached hydrogens (primary N) is 1. The second kappa shape index (κ2) is 7.75. The molecule has 8 heteroatoms. The SMILES string of the molecule is COc1cc(Nc2nc3ccccc3nc2N)c(OCCO)c(OC)c1. The summed E-state index contributed by atoms with van der Waals surface area (Å²) in [7, 11) is 3.07. The summed E-state index contributed by atoms with van der Waals surface area (Å²) in [6, 6.07) is 10.9. The predicted octanol–water partition coefficient (Wildman–Crippen LogP) is 2.34. The Bertz CT molecular complexity index is 917. The van der Waals surface area contributed by atoms with Gasteiger partial charge in [0.05, 0.1) is 37.5 Å². The highest BCUT2D eigenvalue weighted by Gasteiger charge is 2.16. The molecule has 0 spiro atoms. The van der Waals surface area contributed by atoms with E-state index in [1.807, 2.05) is 24.3 Å². The number of rotatable bonds is 7. The lowest BCUT2D eigenvalue weighted by Gasteiger charge is -2.17. The summed E-state index contributed by atoms with van der Waals surface area (Å²) in [4.78, 5) is 8.88. The van der Waals surface area contributed by atoms with Gasteiger partial charge in [-0.3, -0.25) is 0 Å². The fourth-order valence-corrected chi connectivity index (χ4v) is 2.47. The van der Waals surface area contributed by atoms with Gasteiger partial charge in [-0.25, -0.2) is 9.97 Å². The maximum atomic E-state index is 9.08. The second-order valence-electron chi connectivity index (χ2n) is 5.35. The molecule has 0 saturated heterocycles. The van der Waals surface area contributed by atoms with Crippen LogP contribution in [0.25, 0.3) is 11.0 Å². The van der Waals surface area contributed by atoms with E-state index in [1.165, 1.54) is 7.11 Å². The summed E-state index contributed by atoms with van der Waals surface area (Å²) in [6.45, 7) is -0.0250. The minimum Gasteiger partial charge on any atom is -0.497 e. The van der Waals surface area contributed by atoms with Crippen molar-refractivity contribution < 1.29 is 19.3 Å². The quantitative estimate of drug-likeness (QED) is 0.591. The van der Waals surface area contributed by atoms with Gasteiger partial charge in [0.2, 0.25) is 0 Å². The number of aromatic nitrogens is 2. The Morgan fingerprint density at radius 3 is 2.46 bits per heavy atom. The van der Waals surface area contributed by atoms with E-state index in [4.69, 9.17) is 25.1 Å². The van der Waals surface area contributed by atoms with E-state index in [2.05, 4.69) is 15.3 Å². The summed E-state index contributed by atoms with van der Waals surface area (Å²) in [5.74, 6) is 2.06. The van der Waals surface area contributed by atoms with Gasteiger partial charge in [-0.05, 0) is 12.1 Å². The number of aliphatic hydroxyl groups is 1. The first-order valence-electron chi connectivity index (χ1n) is 7.95. The van der Waals surface area contributed by atoms with Crippen LogP contribution in [0.2, 0.25) is 0 Å². The number of anilines is 3. The van der Waals surface area contributed by atoms with E-state index in [0.29, 0.717) is 39.8 Å². The lowest BCUT2D eigenvalue weighted by atomic mass is 10.2. The van der Waals surface area contributed by atoms with Crippen LogP contribution in [-0.2, 0) is 0 Å². The van der Waals surface area contributed by atoms with Crippen LogP contribution in [-0.4, -0.2) is 42.5 Å². The van der Waals surface area contributed by atoms with E-state index in [0.717, 1.165) is 0 Å². The van der Waals surface area contributed by atoms with Crippen LogP contribution in [0.5, 0.6) is 17.2 Å². The summed E-state index contributed by atoms with van der Waals surface area (Å²) in [5, 5.41) is 12.2. The molecule has 0 atom stereocenters. The van der Waals surface area contributed by atoms with Crippen LogP contribution < -0.4 is 25.3 Å². The largest absolute Gasteiger partial charge is 0.497 e. The highest BCUT2D eigenvalue weighted by Crippen LogP contribution is 2.41. The summed E-state index contributed by atoms with van der Waals surface area (Å²) in [6.07, 6.45) is 0. The molecule has 0 amide bonds. The Labute approximate surface area is 150 Å². The van der Waals surface area contributed by atoms with Crippen molar-refractivity contribution in [2.24, 2.45) is 0 Å². The molecule has 0 aliphatic carbocycles. The summed E-state index contributed by atoms with van der Waals surface area (Å²) in [5.41, 5.74) is 7.99. The molecule has 0 fully saturated rings. The third-order valence-corrected chi connectivity index (χ3v) is 3.67. The van der Waals surface area contributed by atoms with Crippen molar-refractivity contribution in [2.75, 3.05) is 38.5 Å². The van der Waals surface area contributed by atoms with Crippen LogP contribution in [0.1, 0.15) is 0 Å². The molecule has 3 rings (SSSR count). The number of benzene rings is 2. The number of nitrogens with zero attached hydrogens (tertiary/aromatic N) is 2.